The van der Waals surface area contributed by atoms with E-state index in [0.717, 1.165) is 27.5 Å². The lowest BCUT2D eigenvalue weighted by Gasteiger charge is -2.05. The third-order valence-electron chi connectivity index (χ3n) is 3.22. The number of carboxylic acid groups (broad SMARTS) is 1. The molecule has 0 aliphatic heterocycles. The van der Waals surface area contributed by atoms with Gasteiger partial charge in [-0.3, -0.25) is 4.79 Å². The van der Waals surface area contributed by atoms with Gasteiger partial charge < -0.3 is 15.3 Å². The molecule has 19 heavy (non-hydrogen) atoms. The summed E-state index contributed by atoms with van der Waals surface area (Å²) in [6.07, 6.45) is 0.294. The first-order valence-electron chi connectivity index (χ1n) is 6.04. The van der Waals surface area contributed by atoms with Crippen LogP contribution in [0.25, 0.3) is 21.9 Å². The molecular formula is C15H13NO3. The predicted octanol–water partition coefficient (Wildman–Crippen LogP) is 2.54. The molecule has 4 nitrogen and oxygen atoms in total. The van der Waals surface area contributed by atoms with Crippen molar-refractivity contribution in [3.05, 3.63) is 48.0 Å². The lowest BCUT2D eigenvalue weighted by Crippen LogP contribution is -2.32. The molecule has 0 aliphatic carbocycles. The zero-order chi connectivity index (χ0) is 13.4. The molecule has 3 aromatic rings. The van der Waals surface area contributed by atoms with Crippen LogP contribution in [-0.2, 0) is 11.2 Å². The predicted molar refractivity (Wildman–Crippen MR) is 73.0 cm³/mol. The third-order valence-corrected chi connectivity index (χ3v) is 3.22. The van der Waals surface area contributed by atoms with Gasteiger partial charge in [-0.1, -0.05) is 30.3 Å². The van der Waals surface area contributed by atoms with Crippen LogP contribution >= 0.6 is 0 Å². The molecule has 96 valence electrons. The molecule has 3 N–H and O–H groups in total. The molecule has 0 bridgehead atoms. The standard InChI is InChI=1S/C15H13NO3/c16-12(15(17)18)7-9-5-6-11-10-3-1-2-4-13(10)19-14(11)8-9/h1-6,8,12H,7,16H2,(H,17,18)/t12-/m0/s1. The third kappa shape index (κ3) is 2.06. The van der Waals surface area contributed by atoms with Crippen LogP contribution in [0.3, 0.4) is 0 Å². The summed E-state index contributed by atoms with van der Waals surface area (Å²) in [5.41, 5.74) is 7.99. The topological polar surface area (TPSA) is 76.5 Å². The van der Waals surface area contributed by atoms with Gasteiger partial charge in [-0.05, 0) is 24.1 Å². The minimum Gasteiger partial charge on any atom is -0.480 e. The fraction of sp³-hybridized carbons (Fsp3) is 0.133. The Labute approximate surface area is 109 Å². The second kappa shape index (κ2) is 4.40. The van der Waals surface area contributed by atoms with Gasteiger partial charge in [0.1, 0.15) is 17.2 Å². The van der Waals surface area contributed by atoms with Gasteiger partial charge in [-0.25, -0.2) is 0 Å². The van der Waals surface area contributed by atoms with Gasteiger partial charge in [-0.15, -0.1) is 0 Å². The Bertz CT molecular complexity index is 760. The van der Waals surface area contributed by atoms with E-state index >= 15 is 0 Å². The number of hydrogen-bond acceptors (Lipinski definition) is 3. The molecule has 0 aliphatic rings. The van der Waals surface area contributed by atoms with Crippen LogP contribution in [0.5, 0.6) is 0 Å². The number of nitrogens with two attached hydrogens (primary N) is 1. The number of fused-ring (bicyclic) bond motifs is 3. The Morgan fingerprint density at radius 3 is 2.68 bits per heavy atom. The number of furan rings is 1. The number of benzene rings is 2. The fourth-order valence-electron chi connectivity index (χ4n) is 2.24. The SMILES string of the molecule is N[C@@H](Cc1ccc2c(c1)oc1ccccc12)C(=O)O. The molecule has 0 amide bonds. The first kappa shape index (κ1) is 11.7. The van der Waals surface area contributed by atoms with E-state index in [4.69, 9.17) is 15.3 Å². The molecule has 0 fully saturated rings. The molecule has 2 aromatic carbocycles. The van der Waals surface area contributed by atoms with Crippen LogP contribution in [0.1, 0.15) is 5.56 Å². The van der Waals surface area contributed by atoms with Gasteiger partial charge in [0.2, 0.25) is 0 Å². The van der Waals surface area contributed by atoms with Gasteiger partial charge in [0, 0.05) is 10.8 Å². The van der Waals surface area contributed by atoms with Gasteiger partial charge in [-0.2, -0.15) is 0 Å². The highest BCUT2D eigenvalue weighted by atomic mass is 16.4. The van der Waals surface area contributed by atoms with Gasteiger partial charge >= 0.3 is 5.97 Å². The Morgan fingerprint density at radius 1 is 1.16 bits per heavy atom. The summed E-state index contributed by atoms with van der Waals surface area (Å²) >= 11 is 0. The van der Waals surface area contributed by atoms with Crippen molar-refractivity contribution in [3.8, 4) is 0 Å². The average molecular weight is 255 g/mol. The first-order valence-corrected chi connectivity index (χ1v) is 6.04. The molecular weight excluding hydrogens is 242 g/mol. The summed E-state index contributed by atoms with van der Waals surface area (Å²) in [5.74, 6) is -0.996. The van der Waals surface area contributed by atoms with Gasteiger partial charge in [0.05, 0.1) is 0 Å². The highest BCUT2D eigenvalue weighted by Crippen LogP contribution is 2.29. The molecule has 0 radical (unpaired) electrons. The van der Waals surface area contributed by atoms with Crippen LogP contribution in [0, 0.1) is 0 Å². The Morgan fingerprint density at radius 2 is 1.89 bits per heavy atom. The molecule has 0 saturated heterocycles. The second-order valence-corrected chi connectivity index (χ2v) is 4.58. The maximum Gasteiger partial charge on any atom is 0.320 e. The maximum atomic E-state index is 10.8. The normalized spacial score (nSPS) is 12.9. The van der Waals surface area contributed by atoms with Crippen molar-refractivity contribution in [2.75, 3.05) is 0 Å². The average Bonchev–Trinajstić information content (AvgIpc) is 2.76. The number of rotatable bonds is 3. The zero-order valence-corrected chi connectivity index (χ0v) is 10.2. The molecule has 0 saturated carbocycles. The summed E-state index contributed by atoms with van der Waals surface area (Å²) in [6.45, 7) is 0. The second-order valence-electron chi connectivity index (χ2n) is 4.58. The van der Waals surface area contributed by atoms with Crippen molar-refractivity contribution in [2.45, 2.75) is 12.5 Å². The van der Waals surface area contributed by atoms with E-state index in [9.17, 15) is 4.79 Å². The van der Waals surface area contributed by atoms with Crippen molar-refractivity contribution < 1.29 is 14.3 Å². The Kier molecular flexibility index (Phi) is 2.72. The van der Waals surface area contributed by atoms with Crippen LogP contribution in [-0.4, -0.2) is 17.1 Å². The largest absolute Gasteiger partial charge is 0.480 e. The van der Waals surface area contributed by atoms with E-state index in [-0.39, 0.29) is 0 Å². The first-order chi connectivity index (χ1) is 9.15. The van der Waals surface area contributed by atoms with E-state index in [1.165, 1.54) is 0 Å². The summed E-state index contributed by atoms with van der Waals surface area (Å²) in [4.78, 5) is 10.8. The smallest absolute Gasteiger partial charge is 0.320 e. The van der Waals surface area contributed by atoms with Crippen molar-refractivity contribution in [1.29, 1.82) is 0 Å². The number of aliphatic carboxylic acids is 1. The zero-order valence-electron chi connectivity index (χ0n) is 10.2. The van der Waals surface area contributed by atoms with E-state index in [0.29, 0.717) is 6.42 Å². The van der Waals surface area contributed by atoms with Crippen molar-refractivity contribution >= 4 is 27.9 Å². The molecule has 1 heterocycles. The summed E-state index contributed by atoms with van der Waals surface area (Å²) in [7, 11) is 0. The molecule has 3 rings (SSSR count). The quantitative estimate of drug-likeness (QED) is 0.754. The van der Waals surface area contributed by atoms with Crippen molar-refractivity contribution in [1.82, 2.24) is 0 Å². The molecule has 4 heteroatoms. The van der Waals surface area contributed by atoms with E-state index in [1.54, 1.807) is 0 Å². The summed E-state index contributed by atoms with van der Waals surface area (Å²) < 4.78 is 5.75. The lowest BCUT2D eigenvalue weighted by atomic mass is 10.0. The van der Waals surface area contributed by atoms with Gasteiger partial charge in [0.25, 0.3) is 0 Å². The van der Waals surface area contributed by atoms with Crippen molar-refractivity contribution in [3.63, 3.8) is 0 Å². The molecule has 0 unspecified atom stereocenters. The molecule has 1 aromatic heterocycles. The minimum absolute atomic E-state index is 0.294. The highest BCUT2D eigenvalue weighted by Gasteiger charge is 2.13. The summed E-state index contributed by atoms with van der Waals surface area (Å²) in [5, 5.41) is 10.9. The molecule has 1 atom stereocenters. The maximum absolute atomic E-state index is 10.8. The van der Waals surface area contributed by atoms with Crippen LogP contribution < -0.4 is 5.73 Å². The number of carboxylic acids is 1. The molecule has 0 spiro atoms. The van der Waals surface area contributed by atoms with Crippen molar-refractivity contribution in [2.24, 2.45) is 5.73 Å². The minimum atomic E-state index is -0.996. The number of hydrogen-bond donors (Lipinski definition) is 2. The Hall–Kier alpha value is -2.33. The monoisotopic (exact) mass is 255 g/mol. The number of para-hydroxylation sites is 1. The van der Waals surface area contributed by atoms with Crippen LogP contribution in [0.2, 0.25) is 0 Å². The number of carbonyl (C=O) groups is 1. The van der Waals surface area contributed by atoms with Gasteiger partial charge in [0.15, 0.2) is 0 Å². The van der Waals surface area contributed by atoms with E-state index < -0.39 is 12.0 Å². The Balaban J connectivity index is 2.06. The lowest BCUT2D eigenvalue weighted by molar-refractivity contribution is -0.138. The fourth-order valence-corrected chi connectivity index (χ4v) is 2.24. The van der Waals surface area contributed by atoms with Crippen LogP contribution in [0.15, 0.2) is 46.9 Å². The van der Waals surface area contributed by atoms with Crippen LogP contribution in [0.4, 0.5) is 0 Å². The van der Waals surface area contributed by atoms with E-state index in [1.807, 2.05) is 42.5 Å². The van der Waals surface area contributed by atoms with E-state index in [2.05, 4.69) is 0 Å². The highest BCUT2D eigenvalue weighted by molar-refractivity contribution is 6.04. The summed E-state index contributed by atoms with van der Waals surface area (Å²) in [6, 6.07) is 12.6.